The number of carbonyl (C=O) groups excluding carboxylic acids is 2. The average Bonchev–Trinajstić information content (AvgIpc) is 2.98. The Morgan fingerprint density at radius 2 is 1.81 bits per heavy atom. The van der Waals surface area contributed by atoms with Gasteiger partial charge in [0.1, 0.15) is 23.2 Å². The summed E-state index contributed by atoms with van der Waals surface area (Å²) in [6.45, 7) is 1.77. The number of anilines is 2. The van der Waals surface area contributed by atoms with Crippen LogP contribution in [0.1, 0.15) is 27.0 Å². The Bertz CT molecular complexity index is 1790. The van der Waals surface area contributed by atoms with Crippen molar-refractivity contribution in [3.63, 3.8) is 0 Å². The van der Waals surface area contributed by atoms with Crippen molar-refractivity contribution in [1.82, 2.24) is 14.9 Å². The second-order valence-electron chi connectivity index (χ2n) is 9.82. The minimum Gasteiger partial charge on any atom is -0.768 e. The molecule has 0 radical (unpaired) electrons. The summed E-state index contributed by atoms with van der Waals surface area (Å²) in [5, 5.41) is 15.2. The smallest absolute Gasteiger partial charge is 0.327 e. The van der Waals surface area contributed by atoms with Crippen molar-refractivity contribution in [3.8, 4) is 29.5 Å². The van der Waals surface area contributed by atoms with E-state index in [1.165, 1.54) is 17.0 Å². The highest BCUT2D eigenvalue weighted by Gasteiger charge is 2.31. The van der Waals surface area contributed by atoms with Crippen LogP contribution in [0.5, 0.6) is 23.4 Å². The fraction of sp³-hybridized carbons (Fsp3) is 0.167. The molecule has 0 spiro atoms. The van der Waals surface area contributed by atoms with Crippen molar-refractivity contribution >= 4 is 34.4 Å². The van der Waals surface area contributed by atoms with Gasteiger partial charge in [0, 0.05) is 31.0 Å². The van der Waals surface area contributed by atoms with E-state index < -0.39 is 17.1 Å². The molecule has 5 rings (SSSR count). The maximum atomic E-state index is 13.1. The van der Waals surface area contributed by atoms with Crippen molar-refractivity contribution in [2.75, 3.05) is 24.7 Å². The summed E-state index contributed by atoms with van der Waals surface area (Å²) in [7, 11) is 3.29. The van der Waals surface area contributed by atoms with E-state index in [-0.39, 0.29) is 46.5 Å². The lowest BCUT2D eigenvalue weighted by Gasteiger charge is -2.27. The molecule has 0 saturated heterocycles. The number of aryl methyl sites for hydroxylation is 1. The van der Waals surface area contributed by atoms with Crippen LogP contribution in [0.3, 0.4) is 0 Å². The lowest BCUT2D eigenvalue weighted by Crippen LogP contribution is -2.41. The van der Waals surface area contributed by atoms with Crippen LogP contribution in [-0.4, -0.2) is 55.6 Å². The first-order valence-electron chi connectivity index (χ1n) is 13.0. The van der Waals surface area contributed by atoms with Gasteiger partial charge in [0.2, 0.25) is 5.91 Å². The monoisotopic (exact) mass is 597 g/mol. The van der Waals surface area contributed by atoms with Gasteiger partial charge in [0.25, 0.3) is 11.8 Å². The van der Waals surface area contributed by atoms with E-state index in [1.807, 2.05) is 0 Å². The van der Waals surface area contributed by atoms with E-state index in [9.17, 15) is 23.6 Å². The Labute approximate surface area is 249 Å². The topological polar surface area (TPSA) is 170 Å². The van der Waals surface area contributed by atoms with Gasteiger partial charge in [-0.3, -0.25) is 13.8 Å². The van der Waals surface area contributed by atoms with Gasteiger partial charge in [-0.2, -0.15) is 15.2 Å². The summed E-state index contributed by atoms with van der Waals surface area (Å²) in [6.07, 6.45) is 0.233. The number of carbonyl (C=O) groups is 2. The van der Waals surface area contributed by atoms with Crippen molar-refractivity contribution in [2.45, 2.75) is 24.3 Å². The number of nitrogens with zero attached hydrogens (tertiary/aromatic N) is 4. The third kappa shape index (κ3) is 6.61. The fourth-order valence-corrected chi connectivity index (χ4v) is 4.67. The number of hydrogen-bond donors (Lipinski definition) is 2. The van der Waals surface area contributed by atoms with Crippen LogP contribution in [0.15, 0.2) is 71.6 Å². The molecule has 43 heavy (non-hydrogen) atoms. The van der Waals surface area contributed by atoms with Gasteiger partial charge >= 0.3 is 6.01 Å². The average molecular weight is 598 g/mol. The van der Waals surface area contributed by atoms with Gasteiger partial charge in [-0.1, -0.05) is 18.2 Å². The molecule has 0 bridgehead atoms. The third-order valence-electron chi connectivity index (χ3n) is 6.52. The molecule has 2 heterocycles. The van der Waals surface area contributed by atoms with Gasteiger partial charge in [-0.25, -0.2) is 0 Å². The molecular formula is C30H25N6O6S-. The second kappa shape index (κ2) is 12.3. The zero-order chi connectivity index (χ0) is 30.7. The van der Waals surface area contributed by atoms with E-state index in [1.54, 1.807) is 75.6 Å². The fourth-order valence-electron chi connectivity index (χ4n) is 4.31. The Morgan fingerprint density at radius 1 is 1.07 bits per heavy atom. The Balaban J connectivity index is 1.49. The number of amides is 2. The van der Waals surface area contributed by atoms with E-state index in [4.69, 9.17) is 9.47 Å². The minimum absolute atomic E-state index is 0.00814. The van der Waals surface area contributed by atoms with Gasteiger partial charge in [0.15, 0.2) is 5.82 Å². The van der Waals surface area contributed by atoms with Gasteiger partial charge in [-0.05, 0) is 77.7 Å². The number of nitriles is 1. The first kappa shape index (κ1) is 29.2. The molecule has 0 saturated carbocycles. The summed E-state index contributed by atoms with van der Waals surface area (Å²) in [5.74, 6) is 0.309. The normalized spacial score (nSPS) is 14.4. The molecule has 2 unspecified atom stereocenters. The molecule has 2 amide bonds. The molecule has 218 valence electrons. The molecule has 13 heteroatoms. The van der Waals surface area contributed by atoms with Crippen LogP contribution >= 0.6 is 0 Å². The summed E-state index contributed by atoms with van der Waals surface area (Å²) in [5.41, 5.74) is 2.49. The van der Waals surface area contributed by atoms with Gasteiger partial charge in [0.05, 0.1) is 11.6 Å². The zero-order valence-corrected chi connectivity index (χ0v) is 24.1. The largest absolute Gasteiger partial charge is 0.768 e. The highest BCUT2D eigenvalue weighted by Crippen LogP contribution is 2.39. The summed E-state index contributed by atoms with van der Waals surface area (Å²) in [6, 6.07) is 18.9. The summed E-state index contributed by atoms with van der Waals surface area (Å²) in [4.78, 5) is 36.0. The van der Waals surface area contributed by atoms with E-state index in [0.717, 1.165) is 5.56 Å². The van der Waals surface area contributed by atoms with Crippen molar-refractivity contribution in [2.24, 2.45) is 0 Å². The number of aromatic nitrogens is 2. The van der Waals surface area contributed by atoms with Crippen LogP contribution in [-0.2, 0) is 22.3 Å². The second-order valence-corrected chi connectivity index (χ2v) is 10.8. The van der Waals surface area contributed by atoms with Gasteiger partial charge in [-0.15, -0.1) is 0 Å². The Hall–Kier alpha value is -5.32. The van der Waals surface area contributed by atoms with Crippen LogP contribution in [0.4, 0.5) is 11.5 Å². The quantitative estimate of drug-likeness (QED) is 0.281. The first-order chi connectivity index (χ1) is 20.6. The molecule has 0 aliphatic carbocycles. The molecule has 12 nitrogen and oxygen atoms in total. The van der Waals surface area contributed by atoms with Crippen LogP contribution in [0.2, 0.25) is 0 Å². The predicted octanol–water partition coefficient (Wildman–Crippen LogP) is 4.16. The number of rotatable bonds is 8. The minimum atomic E-state index is -2.36. The van der Waals surface area contributed by atoms with Crippen LogP contribution in [0, 0.1) is 18.3 Å². The predicted molar refractivity (Wildman–Crippen MR) is 156 cm³/mol. The molecule has 1 aliphatic rings. The van der Waals surface area contributed by atoms with Crippen LogP contribution < -0.4 is 20.1 Å². The molecule has 3 aromatic carbocycles. The molecular weight excluding hydrogens is 572 g/mol. The molecule has 2 N–H and O–H groups in total. The van der Waals surface area contributed by atoms with Crippen molar-refractivity contribution in [3.05, 3.63) is 89.0 Å². The summed E-state index contributed by atoms with van der Waals surface area (Å²) < 4.78 is 34.4. The number of nitrogens with one attached hydrogen (secondary N) is 2. The van der Waals surface area contributed by atoms with Crippen LogP contribution in [0.25, 0.3) is 0 Å². The lowest BCUT2D eigenvalue weighted by molar-refractivity contribution is -0.117. The maximum Gasteiger partial charge on any atom is 0.327 e. The number of ether oxygens (including phenoxy) is 2. The molecule has 4 aromatic rings. The van der Waals surface area contributed by atoms with Gasteiger partial charge < -0.3 is 29.6 Å². The first-order valence-corrected chi connectivity index (χ1v) is 14.0. The third-order valence-corrected chi connectivity index (χ3v) is 7.17. The summed E-state index contributed by atoms with van der Waals surface area (Å²) >= 11 is -2.36. The van der Waals surface area contributed by atoms with Crippen molar-refractivity contribution < 1.29 is 27.8 Å². The molecule has 1 aromatic heterocycles. The van der Waals surface area contributed by atoms with E-state index in [2.05, 4.69) is 26.7 Å². The zero-order valence-electron chi connectivity index (χ0n) is 23.3. The Morgan fingerprint density at radius 3 is 2.49 bits per heavy atom. The lowest BCUT2D eigenvalue weighted by atomic mass is 10.0. The number of hydrogen-bond acceptors (Lipinski definition) is 10. The van der Waals surface area contributed by atoms with Crippen molar-refractivity contribution in [1.29, 1.82) is 5.26 Å². The molecule has 0 fully saturated rings. The van der Waals surface area contributed by atoms with E-state index in [0.29, 0.717) is 28.2 Å². The SMILES string of the molecule is Cc1cc(Oc2nc(Oc3cccc(C(=O)N(C)C)c3)nc3c2NC(=O)C(Cc2ccc(S(=O)[O-])cc2)N3)ccc1C#N. The maximum absolute atomic E-state index is 13.1. The number of benzene rings is 3. The molecule has 1 aliphatic heterocycles. The Kier molecular flexibility index (Phi) is 8.33. The van der Waals surface area contributed by atoms with E-state index >= 15 is 0 Å². The highest BCUT2D eigenvalue weighted by molar-refractivity contribution is 7.79. The number of fused-ring (bicyclic) bond motifs is 1. The highest BCUT2D eigenvalue weighted by atomic mass is 32.2. The standard InChI is InChI=1S/C30H26N6O6S/c1-17-13-22(10-9-20(17)16-31)41-28-25-26(32-24(27(37)33-25)14-18-7-11-23(12-8-18)43(39)40)34-30(35-28)42-21-6-4-5-19(15-21)29(38)36(2)3/h4-13,15,24H,14H2,1-3H3,(H,33,37)(H,39,40)(H,32,34,35)/p-1. The molecule has 2 atom stereocenters.